The summed E-state index contributed by atoms with van der Waals surface area (Å²) in [6, 6.07) is 12.2. The van der Waals surface area contributed by atoms with E-state index >= 15 is 0 Å². The number of hydrogen-bond acceptors (Lipinski definition) is 3. The summed E-state index contributed by atoms with van der Waals surface area (Å²) in [5.41, 5.74) is -0.468. The van der Waals surface area contributed by atoms with Crippen LogP contribution >= 0.6 is 0 Å². The fourth-order valence-electron chi connectivity index (χ4n) is 3.70. The van der Waals surface area contributed by atoms with Crippen LogP contribution in [-0.4, -0.2) is 17.7 Å². The molecule has 0 unspecified atom stereocenters. The number of alkyl halides is 6. The van der Waals surface area contributed by atoms with Gasteiger partial charge in [-0.25, -0.2) is 0 Å². The predicted octanol–water partition coefficient (Wildman–Crippen LogP) is 6.23. The SMILES string of the molecule is O=C(/C=C/C=C(c1ccc(C(F)(F)F)cc1)c1ccc(C(F)(F)F)cc1)Nc1ccc2c(c1)C(=O)NC2=O. The Morgan fingerprint density at radius 1 is 0.711 bits per heavy atom. The van der Waals surface area contributed by atoms with E-state index < -0.39 is 41.2 Å². The van der Waals surface area contributed by atoms with Gasteiger partial charge < -0.3 is 5.32 Å². The Morgan fingerprint density at radius 3 is 1.71 bits per heavy atom. The second-order valence-electron chi connectivity index (χ2n) is 8.12. The van der Waals surface area contributed by atoms with E-state index in [1.165, 1.54) is 54.6 Å². The molecule has 5 nitrogen and oxygen atoms in total. The predicted molar refractivity (Wildman–Crippen MR) is 126 cm³/mol. The summed E-state index contributed by atoms with van der Waals surface area (Å²) < 4.78 is 77.8. The van der Waals surface area contributed by atoms with E-state index in [0.717, 1.165) is 30.3 Å². The third-order valence-corrected chi connectivity index (χ3v) is 5.56. The number of carbonyl (C=O) groups excluding carboxylic acids is 3. The molecule has 0 radical (unpaired) electrons. The van der Waals surface area contributed by atoms with Crippen molar-refractivity contribution in [2.45, 2.75) is 12.4 Å². The Kier molecular flexibility index (Phi) is 6.95. The lowest BCUT2D eigenvalue weighted by molar-refractivity contribution is -0.138. The molecule has 2 N–H and O–H groups in total. The molecule has 3 amide bonds. The van der Waals surface area contributed by atoms with Crippen LogP contribution in [0.25, 0.3) is 5.57 Å². The third-order valence-electron chi connectivity index (χ3n) is 5.56. The molecule has 0 bridgehead atoms. The largest absolute Gasteiger partial charge is 0.416 e. The van der Waals surface area contributed by atoms with Crippen molar-refractivity contribution in [2.75, 3.05) is 5.32 Å². The van der Waals surface area contributed by atoms with Gasteiger partial charge in [0.1, 0.15) is 0 Å². The van der Waals surface area contributed by atoms with E-state index in [2.05, 4.69) is 10.6 Å². The first-order chi connectivity index (χ1) is 17.8. The van der Waals surface area contributed by atoms with Crippen LogP contribution in [0.1, 0.15) is 43.0 Å². The van der Waals surface area contributed by atoms with Crippen LogP contribution in [0.15, 0.2) is 85.0 Å². The Morgan fingerprint density at radius 2 is 1.21 bits per heavy atom. The topological polar surface area (TPSA) is 75.3 Å². The highest BCUT2D eigenvalue weighted by molar-refractivity contribution is 6.22. The maximum absolute atomic E-state index is 13.0. The lowest BCUT2D eigenvalue weighted by atomic mass is 9.95. The minimum atomic E-state index is -4.57. The fourth-order valence-corrected chi connectivity index (χ4v) is 3.70. The molecule has 0 aliphatic carbocycles. The smallest absolute Gasteiger partial charge is 0.322 e. The summed E-state index contributed by atoms with van der Waals surface area (Å²) in [6.07, 6.45) is -5.39. The molecule has 194 valence electrons. The third kappa shape index (κ3) is 5.83. The number of allylic oxidation sites excluding steroid dienone is 2. The molecule has 3 aromatic rings. The average Bonchev–Trinajstić information content (AvgIpc) is 3.13. The Bertz CT molecular complexity index is 1410. The summed E-state index contributed by atoms with van der Waals surface area (Å²) in [5, 5.41) is 4.64. The summed E-state index contributed by atoms with van der Waals surface area (Å²) in [4.78, 5) is 35.8. The van der Waals surface area contributed by atoms with Gasteiger partial charge in [0.15, 0.2) is 0 Å². The zero-order valence-corrected chi connectivity index (χ0v) is 19.1. The van der Waals surface area contributed by atoms with Crippen molar-refractivity contribution in [2.24, 2.45) is 0 Å². The first-order valence-electron chi connectivity index (χ1n) is 10.9. The zero-order valence-electron chi connectivity index (χ0n) is 19.1. The molecule has 0 saturated heterocycles. The number of hydrogen-bond donors (Lipinski definition) is 2. The van der Waals surface area contributed by atoms with Crippen molar-refractivity contribution < 1.29 is 40.7 Å². The van der Waals surface area contributed by atoms with Crippen molar-refractivity contribution in [3.63, 3.8) is 0 Å². The van der Waals surface area contributed by atoms with Crippen LogP contribution in [0.3, 0.4) is 0 Å². The Hall–Kier alpha value is -4.67. The number of imide groups is 1. The molecular weight excluding hydrogens is 514 g/mol. The van der Waals surface area contributed by atoms with Gasteiger partial charge in [-0.3, -0.25) is 19.7 Å². The number of anilines is 1. The van der Waals surface area contributed by atoms with Crippen LogP contribution in [0.4, 0.5) is 32.0 Å². The van der Waals surface area contributed by atoms with Gasteiger partial charge in [-0.15, -0.1) is 0 Å². The highest BCUT2D eigenvalue weighted by Gasteiger charge is 2.31. The van der Waals surface area contributed by atoms with Crippen LogP contribution in [0, 0.1) is 0 Å². The number of amides is 3. The summed E-state index contributed by atoms with van der Waals surface area (Å²) in [7, 11) is 0. The van der Waals surface area contributed by atoms with Gasteiger partial charge >= 0.3 is 12.4 Å². The number of carbonyl (C=O) groups is 3. The monoisotopic (exact) mass is 530 g/mol. The van der Waals surface area contributed by atoms with Crippen LogP contribution in [0.5, 0.6) is 0 Å². The highest BCUT2D eigenvalue weighted by atomic mass is 19.4. The van der Waals surface area contributed by atoms with E-state index in [-0.39, 0.29) is 33.5 Å². The number of rotatable bonds is 5. The number of fused-ring (bicyclic) bond motifs is 1. The average molecular weight is 530 g/mol. The van der Waals surface area contributed by atoms with Crippen LogP contribution < -0.4 is 10.6 Å². The van der Waals surface area contributed by atoms with Gasteiger partial charge in [0.05, 0.1) is 22.3 Å². The van der Waals surface area contributed by atoms with Gasteiger partial charge in [0, 0.05) is 11.8 Å². The van der Waals surface area contributed by atoms with E-state index in [4.69, 9.17) is 0 Å². The first-order valence-corrected chi connectivity index (χ1v) is 10.9. The molecule has 0 spiro atoms. The molecule has 4 rings (SSSR count). The molecule has 0 atom stereocenters. The maximum Gasteiger partial charge on any atom is 0.416 e. The summed E-state index contributed by atoms with van der Waals surface area (Å²) in [6.45, 7) is 0. The molecule has 38 heavy (non-hydrogen) atoms. The van der Waals surface area contributed by atoms with Gasteiger partial charge in [-0.05, 0) is 59.2 Å². The molecule has 3 aromatic carbocycles. The van der Waals surface area contributed by atoms with E-state index in [9.17, 15) is 40.7 Å². The second kappa shape index (κ2) is 10.0. The molecule has 1 heterocycles. The number of benzene rings is 3. The maximum atomic E-state index is 13.0. The van der Waals surface area contributed by atoms with Crippen molar-refractivity contribution >= 4 is 29.0 Å². The van der Waals surface area contributed by atoms with Crippen LogP contribution in [-0.2, 0) is 17.1 Å². The van der Waals surface area contributed by atoms with Gasteiger partial charge in [-0.1, -0.05) is 36.4 Å². The summed E-state index contributed by atoms with van der Waals surface area (Å²) in [5.74, 6) is -1.78. The molecule has 0 saturated carbocycles. The standard InChI is InChI=1S/C27H16F6N2O3/c28-26(29,30)17-8-4-15(5-9-17)20(16-6-10-18(11-7-16)27(31,32)33)2-1-3-23(36)34-19-12-13-21-22(14-19)25(38)35-24(21)37/h1-14H,(H,34,36)(H,35,37,38)/b3-1+. The van der Waals surface area contributed by atoms with E-state index in [1.807, 2.05) is 0 Å². The lowest BCUT2D eigenvalue weighted by Crippen LogP contribution is -2.19. The van der Waals surface area contributed by atoms with Crippen molar-refractivity contribution in [1.82, 2.24) is 5.32 Å². The number of nitrogens with one attached hydrogen (secondary N) is 2. The lowest BCUT2D eigenvalue weighted by Gasteiger charge is -2.12. The van der Waals surface area contributed by atoms with Crippen molar-refractivity contribution in [3.05, 3.63) is 118 Å². The normalized spacial score (nSPS) is 13.3. The van der Waals surface area contributed by atoms with Crippen molar-refractivity contribution in [1.29, 1.82) is 0 Å². The Balaban J connectivity index is 1.60. The molecule has 0 fully saturated rings. The zero-order chi connectivity index (χ0) is 27.7. The quantitative estimate of drug-likeness (QED) is 0.178. The molecule has 1 aliphatic rings. The molecule has 11 heteroatoms. The van der Waals surface area contributed by atoms with Gasteiger partial charge in [0.25, 0.3) is 11.8 Å². The van der Waals surface area contributed by atoms with Crippen molar-refractivity contribution in [3.8, 4) is 0 Å². The van der Waals surface area contributed by atoms with E-state index in [1.54, 1.807) is 0 Å². The minimum Gasteiger partial charge on any atom is -0.322 e. The second-order valence-corrected chi connectivity index (χ2v) is 8.12. The van der Waals surface area contributed by atoms with E-state index in [0.29, 0.717) is 0 Å². The first kappa shape index (κ1) is 26.4. The van der Waals surface area contributed by atoms with Crippen LogP contribution in [0.2, 0.25) is 0 Å². The number of halogens is 6. The minimum absolute atomic E-state index is 0.101. The highest BCUT2D eigenvalue weighted by Crippen LogP contribution is 2.33. The van der Waals surface area contributed by atoms with Gasteiger partial charge in [0.2, 0.25) is 5.91 Å². The molecule has 0 aromatic heterocycles. The fraction of sp³-hybridized carbons (Fsp3) is 0.0741. The molecule has 1 aliphatic heterocycles. The Labute approximate surface area is 211 Å². The van der Waals surface area contributed by atoms with Gasteiger partial charge in [-0.2, -0.15) is 26.3 Å². The molecular formula is C27H16F6N2O3. The summed E-state index contributed by atoms with van der Waals surface area (Å²) >= 11 is 0.